The fourth-order valence-corrected chi connectivity index (χ4v) is 1.52. The van der Waals surface area contributed by atoms with Gasteiger partial charge in [-0.05, 0) is 31.7 Å². The van der Waals surface area contributed by atoms with Crippen molar-refractivity contribution in [3.8, 4) is 0 Å². The molecule has 1 atom stereocenters. The fourth-order valence-electron chi connectivity index (χ4n) is 1.37. The zero-order chi connectivity index (χ0) is 9.84. The monoisotopic (exact) mass is 200 g/mol. The number of hydrogen-bond donors (Lipinski definition) is 0. The van der Waals surface area contributed by atoms with E-state index in [0.717, 1.165) is 24.4 Å². The molecule has 13 heavy (non-hydrogen) atoms. The van der Waals surface area contributed by atoms with E-state index in [1.54, 1.807) is 0 Å². The number of hydrogen-bond acceptors (Lipinski definition) is 1. The summed E-state index contributed by atoms with van der Waals surface area (Å²) in [5.41, 5.74) is 2.39. The molecule has 0 aromatic carbocycles. The second-order valence-corrected chi connectivity index (χ2v) is 4.01. The van der Waals surface area contributed by atoms with Gasteiger partial charge in [0.1, 0.15) is 0 Å². The van der Waals surface area contributed by atoms with E-state index >= 15 is 0 Å². The summed E-state index contributed by atoms with van der Waals surface area (Å²) in [5, 5.41) is 4.30. The number of nitrogens with zero attached hydrogens (tertiary/aromatic N) is 2. The molecule has 0 fully saturated rings. The molecule has 1 rings (SSSR count). The van der Waals surface area contributed by atoms with Crippen molar-refractivity contribution in [3.63, 3.8) is 0 Å². The van der Waals surface area contributed by atoms with E-state index in [1.165, 1.54) is 5.69 Å². The third kappa shape index (κ3) is 3.03. The highest BCUT2D eigenvalue weighted by molar-refractivity contribution is 6.18. The van der Waals surface area contributed by atoms with Crippen molar-refractivity contribution in [1.29, 1.82) is 0 Å². The molecule has 1 aromatic rings. The maximum atomic E-state index is 5.74. The summed E-state index contributed by atoms with van der Waals surface area (Å²) in [6.07, 6.45) is 2.22. The van der Waals surface area contributed by atoms with Crippen LogP contribution in [0.4, 0.5) is 0 Å². The van der Waals surface area contributed by atoms with Crippen molar-refractivity contribution in [1.82, 2.24) is 9.78 Å². The van der Waals surface area contributed by atoms with Crippen molar-refractivity contribution in [3.05, 3.63) is 17.5 Å². The third-order valence-electron chi connectivity index (χ3n) is 2.26. The molecule has 0 bridgehead atoms. The number of aryl methyl sites for hydroxylation is 3. The molecule has 0 saturated carbocycles. The Hall–Kier alpha value is -0.500. The van der Waals surface area contributed by atoms with E-state index in [2.05, 4.69) is 18.1 Å². The van der Waals surface area contributed by atoms with Gasteiger partial charge < -0.3 is 0 Å². The van der Waals surface area contributed by atoms with Crippen LogP contribution in [0, 0.1) is 12.8 Å². The molecule has 1 aromatic heterocycles. The van der Waals surface area contributed by atoms with Gasteiger partial charge in [-0.3, -0.25) is 4.68 Å². The summed E-state index contributed by atoms with van der Waals surface area (Å²) in [6.45, 7) is 4.20. The van der Waals surface area contributed by atoms with Crippen LogP contribution in [0.3, 0.4) is 0 Å². The van der Waals surface area contributed by atoms with Gasteiger partial charge in [0.2, 0.25) is 0 Å². The molecule has 0 aliphatic heterocycles. The topological polar surface area (TPSA) is 17.8 Å². The lowest BCUT2D eigenvalue weighted by Crippen LogP contribution is -2.03. The van der Waals surface area contributed by atoms with Crippen LogP contribution in [0.1, 0.15) is 24.7 Å². The van der Waals surface area contributed by atoms with Crippen LogP contribution in [0.5, 0.6) is 0 Å². The molecule has 0 spiro atoms. The molecule has 0 amide bonds. The second kappa shape index (κ2) is 4.66. The molecule has 74 valence electrons. The molecule has 0 N–H and O–H groups in total. The highest BCUT2D eigenvalue weighted by Crippen LogP contribution is 2.11. The van der Waals surface area contributed by atoms with Gasteiger partial charge in [-0.25, -0.2) is 0 Å². The van der Waals surface area contributed by atoms with Crippen molar-refractivity contribution >= 4 is 11.6 Å². The Morgan fingerprint density at radius 2 is 2.31 bits per heavy atom. The average Bonchev–Trinajstić information content (AvgIpc) is 2.41. The van der Waals surface area contributed by atoms with Crippen LogP contribution in [0.15, 0.2) is 6.07 Å². The first-order valence-electron chi connectivity index (χ1n) is 4.69. The molecule has 1 unspecified atom stereocenters. The van der Waals surface area contributed by atoms with Gasteiger partial charge in [0.05, 0.1) is 5.69 Å². The summed E-state index contributed by atoms with van der Waals surface area (Å²) < 4.78 is 1.95. The van der Waals surface area contributed by atoms with E-state index < -0.39 is 0 Å². The Morgan fingerprint density at radius 1 is 1.62 bits per heavy atom. The Labute approximate surface area is 84.9 Å². The summed E-state index contributed by atoms with van der Waals surface area (Å²) in [4.78, 5) is 0. The minimum atomic E-state index is 0.594. The van der Waals surface area contributed by atoms with Crippen molar-refractivity contribution in [2.24, 2.45) is 13.0 Å². The zero-order valence-electron chi connectivity index (χ0n) is 8.55. The van der Waals surface area contributed by atoms with Gasteiger partial charge in [0.15, 0.2) is 0 Å². The Bertz CT molecular complexity index is 268. The van der Waals surface area contributed by atoms with Crippen molar-refractivity contribution < 1.29 is 0 Å². The van der Waals surface area contributed by atoms with Gasteiger partial charge in [0, 0.05) is 18.6 Å². The standard InChI is InChI=1S/C10H17ClN2/c1-8(7-11)4-5-10-6-9(2)12-13(10)3/h6,8H,4-5,7H2,1-3H3. The highest BCUT2D eigenvalue weighted by Gasteiger charge is 2.04. The second-order valence-electron chi connectivity index (χ2n) is 3.70. The fraction of sp³-hybridized carbons (Fsp3) is 0.700. The van der Waals surface area contributed by atoms with E-state index in [1.807, 2.05) is 18.7 Å². The molecule has 0 aliphatic rings. The lowest BCUT2D eigenvalue weighted by atomic mass is 10.1. The smallest absolute Gasteiger partial charge is 0.0596 e. The third-order valence-corrected chi connectivity index (χ3v) is 2.78. The van der Waals surface area contributed by atoms with Crippen LogP contribution >= 0.6 is 11.6 Å². The summed E-state index contributed by atoms with van der Waals surface area (Å²) in [5.74, 6) is 1.34. The van der Waals surface area contributed by atoms with E-state index in [0.29, 0.717) is 5.92 Å². The first-order valence-corrected chi connectivity index (χ1v) is 5.22. The molecule has 0 radical (unpaired) electrons. The molecule has 3 heteroatoms. The van der Waals surface area contributed by atoms with Crippen molar-refractivity contribution in [2.45, 2.75) is 26.7 Å². The lowest BCUT2D eigenvalue weighted by molar-refractivity contribution is 0.569. The molecule has 2 nitrogen and oxygen atoms in total. The SMILES string of the molecule is Cc1cc(CCC(C)CCl)n(C)n1. The largest absolute Gasteiger partial charge is 0.272 e. The Morgan fingerprint density at radius 3 is 2.77 bits per heavy atom. The molecule has 0 saturated heterocycles. The van der Waals surface area contributed by atoms with Crippen LogP contribution in [-0.4, -0.2) is 15.7 Å². The minimum Gasteiger partial charge on any atom is -0.272 e. The number of halogens is 1. The Balaban J connectivity index is 2.49. The molecular formula is C10H17ClN2. The summed E-state index contributed by atoms with van der Waals surface area (Å²) in [7, 11) is 1.99. The first kappa shape index (κ1) is 10.6. The van der Waals surface area contributed by atoms with Crippen LogP contribution in [-0.2, 0) is 13.5 Å². The summed E-state index contributed by atoms with van der Waals surface area (Å²) >= 11 is 5.74. The number of aromatic nitrogens is 2. The normalized spacial score (nSPS) is 13.2. The molecule has 0 aliphatic carbocycles. The van der Waals surface area contributed by atoms with E-state index in [4.69, 9.17) is 11.6 Å². The van der Waals surface area contributed by atoms with Crippen molar-refractivity contribution in [2.75, 3.05) is 5.88 Å². The zero-order valence-corrected chi connectivity index (χ0v) is 9.30. The maximum absolute atomic E-state index is 5.74. The van der Waals surface area contributed by atoms with E-state index in [-0.39, 0.29) is 0 Å². The van der Waals surface area contributed by atoms with Gasteiger partial charge in [-0.1, -0.05) is 6.92 Å². The molecular weight excluding hydrogens is 184 g/mol. The minimum absolute atomic E-state index is 0.594. The maximum Gasteiger partial charge on any atom is 0.0596 e. The highest BCUT2D eigenvalue weighted by atomic mass is 35.5. The van der Waals surface area contributed by atoms with Gasteiger partial charge >= 0.3 is 0 Å². The van der Waals surface area contributed by atoms with Gasteiger partial charge in [0.25, 0.3) is 0 Å². The quantitative estimate of drug-likeness (QED) is 0.684. The van der Waals surface area contributed by atoms with E-state index in [9.17, 15) is 0 Å². The van der Waals surface area contributed by atoms with Gasteiger partial charge in [-0.2, -0.15) is 5.10 Å². The predicted molar refractivity (Wildman–Crippen MR) is 56.2 cm³/mol. The van der Waals surface area contributed by atoms with Crippen LogP contribution in [0.25, 0.3) is 0 Å². The first-order chi connectivity index (χ1) is 6.13. The lowest BCUT2D eigenvalue weighted by Gasteiger charge is -2.06. The average molecular weight is 201 g/mol. The number of rotatable bonds is 4. The molecule has 1 heterocycles. The predicted octanol–water partition coefficient (Wildman–Crippen LogP) is 2.54. The van der Waals surface area contributed by atoms with Crippen LogP contribution in [0.2, 0.25) is 0 Å². The summed E-state index contributed by atoms with van der Waals surface area (Å²) in [6, 6.07) is 2.14. The number of alkyl halides is 1. The Kier molecular flexibility index (Phi) is 3.79. The van der Waals surface area contributed by atoms with Crippen LogP contribution < -0.4 is 0 Å². The van der Waals surface area contributed by atoms with Gasteiger partial charge in [-0.15, -0.1) is 11.6 Å².